The van der Waals surface area contributed by atoms with Crippen LogP contribution in [0.25, 0.3) is 0 Å². The number of aromatic carboxylic acids is 4. The Kier molecular flexibility index (Phi) is 11.4. The lowest BCUT2D eigenvalue weighted by Gasteiger charge is -2.32. The number of carboxylic acids is 4. The fourth-order valence-electron chi connectivity index (χ4n) is 6.15. The number of carboxylic acid groups (broad SMARTS) is 4. The molecule has 0 atom stereocenters. The van der Waals surface area contributed by atoms with E-state index in [0.29, 0.717) is 11.5 Å². The van der Waals surface area contributed by atoms with Gasteiger partial charge in [0.05, 0.1) is 22.3 Å². The van der Waals surface area contributed by atoms with Crippen LogP contribution in [0.4, 0.5) is 0 Å². The average Bonchev–Trinajstić information content (AvgIpc) is 3.13. The minimum Gasteiger partial charge on any atom is -0.478 e. The van der Waals surface area contributed by atoms with Crippen molar-refractivity contribution in [2.45, 2.75) is 51.4 Å². The third-order valence-electron chi connectivity index (χ3n) is 9.09. The summed E-state index contributed by atoms with van der Waals surface area (Å²) in [5, 5.41) is 37.7. The van der Waals surface area contributed by atoms with Gasteiger partial charge in [-0.25, -0.2) is 19.2 Å². The van der Waals surface area contributed by atoms with Crippen LogP contribution in [0.1, 0.15) is 103 Å². The number of unbranched alkanes of at least 4 members (excludes halogenated alkanes) is 3. The SMILES string of the molecule is CCCCCCc1ccc(C(C)(c2ccc(Oc3ccc(C(=O)O)c(C(=O)O)c3)cc2)c2ccc(Oc3ccc(C(=O)O)c(C(=O)O)c3)cc2)cc1. The second kappa shape index (κ2) is 16.1. The molecule has 5 aromatic rings. The van der Waals surface area contributed by atoms with E-state index in [4.69, 9.17) is 9.47 Å². The molecule has 266 valence electrons. The lowest BCUT2D eigenvalue weighted by atomic mass is 9.71. The predicted molar refractivity (Wildman–Crippen MR) is 194 cm³/mol. The van der Waals surface area contributed by atoms with Crippen molar-refractivity contribution in [1.82, 2.24) is 0 Å². The largest absolute Gasteiger partial charge is 0.478 e. The molecule has 4 N–H and O–H groups in total. The van der Waals surface area contributed by atoms with E-state index >= 15 is 0 Å². The Morgan fingerprint density at radius 1 is 0.481 bits per heavy atom. The molecule has 0 aliphatic carbocycles. The maximum absolute atomic E-state index is 11.7. The zero-order chi connectivity index (χ0) is 37.4. The van der Waals surface area contributed by atoms with Gasteiger partial charge in [0.1, 0.15) is 23.0 Å². The molecule has 10 heteroatoms. The van der Waals surface area contributed by atoms with Gasteiger partial charge in [-0.1, -0.05) is 74.7 Å². The monoisotopic (exact) mass is 702 g/mol. The van der Waals surface area contributed by atoms with Gasteiger partial charge in [0, 0.05) is 5.41 Å². The van der Waals surface area contributed by atoms with E-state index < -0.39 is 29.3 Å². The van der Waals surface area contributed by atoms with Crippen LogP contribution >= 0.6 is 0 Å². The highest BCUT2D eigenvalue weighted by atomic mass is 16.5. The number of aryl methyl sites for hydroxylation is 1. The Morgan fingerprint density at radius 3 is 1.21 bits per heavy atom. The van der Waals surface area contributed by atoms with Crippen molar-refractivity contribution in [2.75, 3.05) is 0 Å². The van der Waals surface area contributed by atoms with E-state index in [0.717, 1.165) is 29.5 Å². The van der Waals surface area contributed by atoms with E-state index in [1.54, 1.807) is 24.3 Å². The first-order valence-electron chi connectivity index (χ1n) is 16.8. The van der Waals surface area contributed by atoms with Crippen LogP contribution in [0.5, 0.6) is 23.0 Å². The molecule has 0 aliphatic heterocycles. The number of hydrogen-bond donors (Lipinski definition) is 4. The van der Waals surface area contributed by atoms with Gasteiger partial charge in [-0.3, -0.25) is 0 Å². The first kappa shape index (κ1) is 36.9. The Morgan fingerprint density at radius 2 is 0.846 bits per heavy atom. The molecule has 0 amide bonds. The summed E-state index contributed by atoms with van der Waals surface area (Å²) in [7, 11) is 0. The molecule has 0 heterocycles. The van der Waals surface area contributed by atoms with Crippen LogP contribution in [-0.4, -0.2) is 44.3 Å². The van der Waals surface area contributed by atoms with Crippen LogP contribution in [-0.2, 0) is 11.8 Å². The standard InChI is InChI=1S/C42H38O10/c1-3-4-5-6-7-26-8-10-27(11-9-26)42(2,28-12-16-30(17-13-28)51-32-20-22-34(38(43)44)36(24-32)40(47)48)29-14-18-31(19-15-29)52-33-21-23-35(39(45)46)37(25-33)41(49)50/h8-25H,3-7H2,1-2H3,(H,43,44)(H,45,46)(H,47,48)(H,49,50). The summed E-state index contributed by atoms with van der Waals surface area (Å²) in [5.41, 5.74) is 2.02. The molecule has 0 saturated carbocycles. The van der Waals surface area contributed by atoms with Gasteiger partial charge < -0.3 is 29.9 Å². The van der Waals surface area contributed by atoms with Crippen LogP contribution < -0.4 is 9.47 Å². The molecule has 0 bridgehead atoms. The third-order valence-corrected chi connectivity index (χ3v) is 9.09. The summed E-state index contributed by atoms with van der Waals surface area (Å²) < 4.78 is 11.9. The van der Waals surface area contributed by atoms with E-state index in [2.05, 4.69) is 38.1 Å². The predicted octanol–water partition coefficient (Wildman–Crippen LogP) is 9.54. The molecule has 5 rings (SSSR count). The number of rotatable bonds is 16. The number of hydrogen-bond acceptors (Lipinski definition) is 6. The molecular weight excluding hydrogens is 664 g/mol. The van der Waals surface area contributed by atoms with E-state index in [-0.39, 0.29) is 33.8 Å². The van der Waals surface area contributed by atoms with Crippen LogP contribution in [0.2, 0.25) is 0 Å². The summed E-state index contributed by atoms with van der Waals surface area (Å²) in [4.78, 5) is 46.3. The van der Waals surface area contributed by atoms with Crippen molar-refractivity contribution < 1.29 is 49.1 Å². The summed E-state index contributed by atoms with van der Waals surface area (Å²) in [5.74, 6) is -4.25. The number of carbonyl (C=O) groups is 4. The van der Waals surface area contributed by atoms with Crippen molar-refractivity contribution in [3.8, 4) is 23.0 Å². The maximum Gasteiger partial charge on any atom is 0.336 e. The van der Waals surface area contributed by atoms with Gasteiger partial charge in [-0.05, 0) is 103 Å². The molecule has 0 aromatic heterocycles. The molecule has 5 aromatic carbocycles. The van der Waals surface area contributed by atoms with E-state index in [1.165, 1.54) is 61.2 Å². The van der Waals surface area contributed by atoms with Crippen LogP contribution in [0.15, 0.2) is 109 Å². The number of ether oxygens (including phenoxy) is 2. The molecule has 0 fully saturated rings. The van der Waals surface area contributed by atoms with Crippen LogP contribution in [0, 0.1) is 0 Å². The molecule has 0 spiro atoms. The zero-order valence-corrected chi connectivity index (χ0v) is 28.7. The lowest BCUT2D eigenvalue weighted by molar-refractivity contribution is 0.0651. The second-order valence-corrected chi connectivity index (χ2v) is 12.5. The highest BCUT2D eigenvalue weighted by Crippen LogP contribution is 2.41. The van der Waals surface area contributed by atoms with Crippen molar-refractivity contribution in [2.24, 2.45) is 0 Å². The smallest absolute Gasteiger partial charge is 0.336 e. The normalized spacial score (nSPS) is 11.1. The molecule has 0 saturated heterocycles. The minimum atomic E-state index is -1.38. The van der Waals surface area contributed by atoms with Gasteiger partial charge in [0.2, 0.25) is 0 Å². The van der Waals surface area contributed by atoms with Crippen molar-refractivity contribution in [3.05, 3.63) is 154 Å². The summed E-state index contributed by atoms with van der Waals surface area (Å²) >= 11 is 0. The lowest BCUT2D eigenvalue weighted by Crippen LogP contribution is -2.25. The maximum atomic E-state index is 11.7. The van der Waals surface area contributed by atoms with Crippen molar-refractivity contribution in [1.29, 1.82) is 0 Å². The molecule has 0 radical (unpaired) electrons. The Bertz CT molecular complexity index is 1960. The van der Waals surface area contributed by atoms with Gasteiger partial charge in [-0.2, -0.15) is 0 Å². The van der Waals surface area contributed by atoms with Gasteiger partial charge in [-0.15, -0.1) is 0 Å². The molecule has 0 unspecified atom stereocenters. The first-order chi connectivity index (χ1) is 24.9. The summed E-state index contributed by atoms with van der Waals surface area (Å²) in [6.07, 6.45) is 5.67. The topological polar surface area (TPSA) is 168 Å². The quantitative estimate of drug-likeness (QED) is 0.0574. The Labute approximate surface area is 300 Å². The summed E-state index contributed by atoms with van der Waals surface area (Å²) in [6, 6.07) is 30.8. The number of benzene rings is 5. The molecule has 0 aliphatic rings. The van der Waals surface area contributed by atoms with E-state index in [1.807, 2.05) is 24.3 Å². The highest BCUT2D eigenvalue weighted by molar-refractivity contribution is 6.02. The average molecular weight is 703 g/mol. The molecule has 10 nitrogen and oxygen atoms in total. The van der Waals surface area contributed by atoms with Crippen molar-refractivity contribution in [3.63, 3.8) is 0 Å². The third kappa shape index (κ3) is 8.30. The van der Waals surface area contributed by atoms with E-state index in [9.17, 15) is 39.6 Å². The fourth-order valence-corrected chi connectivity index (χ4v) is 6.15. The van der Waals surface area contributed by atoms with Gasteiger partial charge in [0.15, 0.2) is 0 Å². The van der Waals surface area contributed by atoms with Crippen LogP contribution in [0.3, 0.4) is 0 Å². The molecular formula is C42H38O10. The Balaban J connectivity index is 1.46. The minimum absolute atomic E-state index is 0.177. The highest BCUT2D eigenvalue weighted by Gasteiger charge is 2.31. The van der Waals surface area contributed by atoms with Crippen molar-refractivity contribution >= 4 is 23.9 Å². The molecule has 52 heavy (non-hydrogen) atoms. The zero-order valence-electron chi connectivity index (χ0n) is 28.7. The first-order valence-corrected chi connectivity index (χ1v) is 16.8. The second-order valence-electron chi connectivity index (χ2n) is 12.5. The van der Waals surface area contributed by atoms with Gasteiger partial charge >= 0.3 is 23.9 Å². The Hall–Kier alpha value is -6.42. The van der Waals surface area contributed by atoms with Gasteiger partial charge in [0.25, 0.3) is 0 Å². The summed E-state index contributed by atoms with van der Waals surface area (Å²) in [6.45, 7) is 4.29. The fraction of sp³-hybridized carbons (Fsp3) is 0.190.